The Bertz CT molecular complexity index is 840. The first-order valence-electron chi connectivity index (χ1n) is 7.20. The van der Waals surface area contributed by atoms with Gasteiger partial charge in [0.2, 0.25) is 0 Å². The molecule has 0 aliphatic rings. The molecule has 1 N–H and O–H groups in total. The molecule has 0 saturated carbocycles. The van der Waals surface area contributed by atoms with Crippen molar-refractivity contribution in [3.63, 3.8) is 0 Å². The largest absolute Gasteiger partial charge is 0.545 e. The highest BCUT2D eigenvalue weighted by Crippen LogP contribution is 2.33. The summed E-state index contributed by atoms with van der Waals surface area (Å²) in [7, 11) is 2.74. The SMILES string of the molecule is COc1cc(NC(=O)COc2ccc(Cl)cc2Cl)c(C(=O)[O-])cc1OC. The summed E-state index contributed by atoms with van der Waals surface area (Å²) in [6, 6.07) is 7.06. The maximum atomic E-state index is 12.1. The third-order valence-corrected chi connectivity index (χ3v) is 3.80. The zero-order chi connectivity index (χ0) is 19.3. The van der Waals surface area contributed by atoms with Crippen LogP contribution >= 0.6 is 23.2 Å². The second kappa shape index (κ2) is 8.64. The molecule has 7 nitrogen and oxygen atoms in total. The Balaban J connectivity index is 2.16. The lowest BCUT2D eigenvalue weighted by Gasteiger charge is -2.16. The van der Waals surface area contributed by atoms with Crippen LogP contribution in [-0.4, -0.2) is 32.7 Å². The molecule has 26 heavy (non-hydrogen) atoms. The molecule has 9 heteroatoms. The van der Waals surface area contributed by atoms with Crippen LogP contribution in [0.3, 0.4) is 0 Å². The molecule has 0 fully saturated rings. The predicted octanol–water partition coefficient (Wildman–Crippen LogP) is 2.39. The van der Waals surface area contributed by atoms with Crippen molar-refractivity contribution < 1.29 is 28.9 Å². The molecular formula is C17H14Cl2NO6-. The van der Waals surface area contributed by atoms with Crippen LogP contribution in [0.1, 0.15) is 10.4 Å². The van der Waals surface area contributed by atoms with Gasteiger partial charge in [-0.2, -0.15) is 0 Å². The van der Waals surface area contributed by atoms with Gasteiger partial charge in [0.05, 0.1) is 30.9 Å². The Morgan fingerprint density at radius 1 is 1.04 bits per heavy atom. The summed E-state index contributed by atoms with van der Waals surface area (Å²) in [5.41, 5.74) is -0.279. The predicted molar refractivity (Wildman–Crippen MR) is 94.5 cm³/mol. The molecule has 0 unspecified atom stereocenters. The fourth-order valence-electron chi connectivity index (χ4n) is 2.07. The van der Waals surface area contributed by atoms with Gasteiger partial charge in [0.1, 0.15) is 5.75 Å². The second-order valence-corrected chi connectivity index (χ2v) is 5.80. The molecule has 0 aliphatic carbocycles. The normalized spacial score (nSPS) is 10.2. The van der Waals surface area contributed by atoms with E-state index in [1.54, 1.807) is 6.07 Å². The highest BCUT2D eigenvalue weighted by Gasteiger charge is 2.15. The van der Waals surface area contributed by atoms with Gasteiger partial charge in [0, 0.05) is 16.7 Å². The topological polar surface area (TPSA) is 96.9 Å². The van der Waals surface area contributed by atoms with Gasteiger partial charge >= 0.3 is 0 Å². The first kappa shape index (κ1) is 19.7. The third-order valence-electron chi connectivity index (χ3n) is 3.27. The van der Waals surface area contributed by atoms with E-state index in [1.165, 1.54) is 38.5 Å². The summed E-state index contributed by atoms with van der Waals surface area (Å²) in [4.78, 5) is 23.4. The number of carbonyl (C=O) groups excluding carboxylic acids is 2. The van der Waals surface area contributed by atoms with E-state index in [4.69, 9.17) is 37.4 Å². The van der Waals surface area contributed by atoms with Crippen molar-refractivity contribution in [1.82, 2.24) is 0 Å². The summed E-state index contributed by atoms with van der Waals surface area (Å²) in [6.45, 7) is -0.401. The number of amides is 1. The highest BCUT2D eigenvalue weighted by molar-refractivity contribution is 6.35. The molecule has 0 spiro atoms. The quantitative estimate of drug-likeness (QED) is 0.768. The molecule has 2 aromatic carbocycles. The molecule has 0 saturated heterocycles. The van der Waals surface area contributed by atoms with Crippen molar-refractivity contribution >= 4 is 40.8 Å². The fraction of sp³-hybridized carbons (Fsp3) is 0.176. The van der Waals surface area contributed by atoms with Crippen molar-refractivity contribution in [3.05, 3.63) is 45.9 Å². The number of rotatable bonds is 7. The Labute approximate surface area is 159 Å². The molecule has 2 rings (SSSR count). The lowest BCUT2D eigenvalue weighted by Crippen LogP contribution is -2.26. The van der Waals surface area contributed by atoms with Crippen molar-refractivity contribution in [2.24, 2.45) is 0 Å². The van der Waals surface area contributed by atoms with Crippen LogP contribution in [0.5, 0.6) is 17.2 Å². The molecule has 0 aliphatic heterocycles. The summed E-state index contributed by atoms with van der Waals surface area (Å²) in [5, 5.41) is 14.4. The van der Waals surface area contributed by atoms with E-state index in [9.17, 15) is 14.7 Å². The van der Waals surface area contributed by atoms with Crippen LogP contribution in [-0.2, 0) is 4.79 Å². The minimum atomic E-state index is -1.48. The summed E-state index contributed by atoms with van der Waals surface area (Å²) < 4.78 is 15.4. The zero-order valence-electron chi connectivity index (χ0n) is 13.8. The first-order valence-corrected chi connectivity index (χ1v) is 7.96. The number of aromatic carboxylic acids is 1. The maximum absolute atomic E-state index is 12.1. The lowest BCUT2D eigenvalue weighted by molar-refractivity contribution is -0.254. The minimum absolute atomic E-state index is 0.0153. The number of carboxylic acid groups (broad SMARTS) is 1. The number of ether oxygens (including phenoxy) is 3. The number of benzene rings is 2. The van der Waals surface area contributed by atoms with Gasteiger partial charge in [-0.25, -0.2) is 0 Å². The van der Waals surface area contributed by atoms with Gasteiger partial charge in [-0.3, -0.25) is 4.79 Å². The van der Waals surface area contributed by atoms with Gasteiger partial charge in [-0.1, -0.05) is 23.2 Å². The van der Waals surface area contributed by atoms with Crippen LogP contribution in [0.15, 0.2) is 30.3 Å². The van der Waals surface area contributed by atoms with Crippen molar-refractivity contribution in [2.75, 3.05) is 26.1 Å². The van der Waals surface area contributed by atoms with Crippen LogP contribution in [0.25, 0.3) is 0 Å². The monoisotopic (exact) mass is 398 g/mol. The standard InChI is InChI=1S/C17H15Cl2NO6/c1-24-14-6-10(17(22)23)12(7-15(14)25-2)20-16(21)8-26-13-4-3-9(18)5-11(13)19/h3-7H,8H2,1-2H3,(H,20,21)(H,22,23)/p-1. The fourth-order valence-corrected chi connectivity index (χ4v) is 2.54. The second-order valence-electron chi connectivity index (χ2n) is 4.95. The number of methoxy groups -OCH3 is 2. The van der Waals surface area contributed by atoms with E-state index in [0.29, 0.717) is 5.02 Å². The van der Waals surface area contributed by atoms with Crippen molar-refractivity contribution in [3.8, 4) is 17.2 Å². The van der Waals surface area contributed by atoms with Gasteiger partial charge in [-0.05, 0) is 24.3 Å². The van der Waals surface area contributed by atoms with Crippen LogP contribution in [0, 0.1) is 0 Å². The van der Waals surface area contributed by atoms with Crippen molar-refractivity contribution in [2.45, 2.75) is 0 Å². The Hall–Kier alpha value is -2.64. The van der Waals surface area contributed by atoms with Gasteiger partial charge in [-0.15, -0.1) is 0 Å². The summed E-state index contributed by atoms with van der Waals surface area (Å²) in [5.74, 6) is -1.39. The van der Waals surface area contributed by atoms with E-state index in [-0.39, 0.29) is 33.5 Å². The highest BCUT2D eigenvalue weighted by atomic mass is 35.5. The molecule has 0 aromatic heterocycles. The molecular weight excluding hydrogens is 385 g/mol. The average molecular weight is 399 g/mol. The van der Waals surface area contributed by atoms with Crippen LogP contribution in [0.4, 0.5) is 5.69 Å². The van der Waals surface area contributed by atoms with E-state index >= 15 is 0 Å². The van der Waals surface area contributed by atoms with Gasteiger partial charge < -0.3 is 29.4 Å². The number of anilines is 1. The van der Waals surface area contributed by atoms with Gasteiger partial charge in [0.15, 0.2) is 18.1 Å². The number of hydrogen-bond acceptors (Lipinski definition) is 6. The number of carbonyl (C=O) groups is 2. The van der Waals surface area contributed by atoms with E-state index in [0.717, 1.165) is 0 Å². The van der Waals surface area contributed by atoms with E-state index < -0.39 is 18.5 Å². The lowest BCUT2D eigenvalue weighted by atomic mass is 10.1. The maximum Gasteiger partial charge on any atom is 0.262 e. The molecule has 138 valence electrons. The Kier molecular flexibility index (Phi) is 6.54. The molecule has 0 atom stereocenters. The van der Waals surface area contributed by atoms with E-state index in [2.05, 4.69) is 5.32 Å². The Morgan fingerprint density at radius 3 is 2.27 bits per heavy atom. The number of nitrogens with one attached hydrogen (secondary N) is 1. The molecule has 1 amide bonds. The smallest absolute Gasteiger partial charge is 0.262 e. The molecule has 0 bridgehead atoms. The zero-order valence-corrected chi connectivity index (χ0v) is 15.3. The van der Waals surface area contributed by atoms with Gasteiger partial charge in [0.25, 0.3) is 5.91 Å². The molecule has 2 aromatic rings. The summed E-state index contributed by atoms with van der Waals surface area (Å²) in [6.07, 6.45) is 0. The van der Waals surface area contributed by atoms with Crippen molar-refractivity contribution in [1.29, 1.82) is 0 Å². The van der Waals surface area contributed by atoms with Crippen LogP contribution in [0.2, 0.25) is 10.0 Å². The Morgan fingerprint density at radius 2 is 1.69 bits per heavy atom. The average Bonchev–Trinajstić information content (AvgIpc) is 2.60. The first-order chi connectivity index (χ1) is 12.3. The number of carboxylic acids is 1. The molecule has 0 radical (unpaired) electrons. The number of hydrogen-bond donors (Lipinski definition) is 1. The summed E-state index contributed by atoms with van der Waals surface area (Å²) >= 11 is 11.7. The van der Waals surface area contributed by atoms with E-state index in [1.807, 2.05) is 0 Å². The minimum Gasteiger partial charge on any atom is -0.545 e. The number of halogens is 2. The van der Waals surface area contributed by atoms with Crippen LogP contribution < -0.4 is 24.6 Å². The third kappa shape index (κ3) is 4.71. The molecule has 0 heterocycles.